The van der Waals surface area contributed by atoms with Gasteiger partial charge in [-0.2, -0.15) is 0 Å². The predicted octanol–water partition coefficient (Wildman–Crippen LogP) is 3.42. The molecule has 1 amide bonds. The van der Waals surface area contributed by atoms with Crippen LogP contribution in [0, 0.1) is 20.8 Å². The summed E-state index contributed by atoms with van der Waals surface area (Å²) in [5.74, 6) is -0.561. The lowest BCUT2D eigenvalue weighted by Crippen LogP contribution is -2.21. The Morgan fingerprint density at radius 3 is 2.33 bits per heavy atom. The number of aryl methyl sites for hydroxylation is 3. The maximum atomic E-state index is 12.2. The van der Waals surface area contributed by atoms with Crippen molar-refractivity contribution in [1.82, 2.24) is 0 Å². The number of anilines is 1. The second-order valence-electron chi connectivity index (χ2n) is 5.65. The van der Waals surface area contributed by atoms with Crippen molar-refractivity contribution in [2.75, 3.05) is 19.0 Å². The SMILES string of the molecule is COc1ccc(C)cc1C(=O)OCC(=O)Nc1ccc(C)cc1C. The number of benzene rings is 2. The number of carbonyl (C=O) groups excluding carboxylic acids is 2. The second-order valence-corrected chi connectivity index (χ2v) is 5.65. The average molecular weight is 327 g/mol. The molecule has 0 spiro atoms. The molecule has 5 heteroatoms. The molecule has 2 rings (SSSR count). The van der Waals surface area contributed by atoms with Crippen LogP contribution in [0.2, 0.25) is 0 Å². The van der Waals surface area contributed by atoms with Gasteiger partial charge in [-0.25, -0.2) is 4.79 Å². The average Bonchev–Trinajstić information content (AvgIpc) is 2.55. The van der Waals surface area contributed by atoms with Crippen molar-refractivity contribution in [3.8, 4) is 5.75 Å². The van der Waals surface area contributed by atoms with E-state index in [1.165, 1.54) is 7.11 Å². The summed E-state index contributed by atoms with van der Waals surface area (Å²) in [5.41, 5.74) is 3.98. The van der Waals surface area contributed by atoms with E-state index in [9.17, 15) is 9.59 Å². The van der Waals surface area contributed by atoms with E-state index in [-0.39, 0.29) is 12.5 Å². The van der Waals surface area contributed by atoms with Gasteiger partial charge in [0.2, 0.25) is 0 Å². The van der Waals surface area contributed by atoms with Crippen LogP contribution in [0.3, 0.4) is 0 Å². The van der Waals surface area contributed by atoms with E-state index < -0.39 is 5.97 Å². The van der Waals surface area contributed by atoms with Gasteiger partial charge in [0.15, 0.2) is 6.61 Å². The normalized spacial score (nSPS) is 10.2. The number of esters is 1. The summed E-state index contributed by atoms with van der Waals surface area (Å²) in [6, 6.07) is 10.9. The minimum absolute atomic E-state index is 0.303. The number of nitrogens with one attached hydrogen (secondary N) is 1. The first-order valence-corrected chi connectivity index (χ1v) is 7.59. The van der Waals surface area contributed by atoms with E-state index >= 15 is 0 Å². The first-order valence-electron chi connectivity index (χ1n) is 7.59. The number of rotatable bonds is 5. The van der Waals surface area contributed by atoms with E-state index in [1.807, 2.05) is 45.0 Å². The van der Waals surface area contributed by atoms with Gasteiger partial charge in [0.1, 0.15) is 11.3 Å². The molecule has 1 N–H and O–H groups in total. The molecular weight excluding hydrogens is 306 g/mol. The largest absolute Gasteiger partial charge is 0.496 e. The van der Waals surface area contributed by atoms with Crippen molar-refractivity contribution in [1.29, 1.82) is 0 Å². The zero-order valence-electron chi connectivity index (χ0n) is 14.3. The van der Waals surface area contributed by atoms with Gasteiger partial charge in [-0.1, -0.05) is 29.3 Å². The molecule has 0 bridgehead atoms. The van der Waals surface area contributed by atoms with Crippen LogP contribution in [0.5, 0.6) is 5.75 Å². The molecule has 0 fully saturated rings. The maximum absolute atomic E-state index is 12.2. The molecule has 0 aromatic heterocycles. The fourth-order valence-electron chi connectivity index (χ4n) is 2.33. The number of methoxy groups -OCH3 is 1. The lowest BCUT2D eigenvalue weighted by atomic mass is 10.1. The Kier molecular flexibility index (Phi) is 5.58. The highest BCUT2D eigenvalue weighted by Gasteiger charge is 2.16. The number of ether oxygens (including phenoxy) is 2. The second kappa shape index (κ2) is 7.64. The Bertz CT molecular complexity index is 768. The summed E-state index contributed by atoms with van der Waals surface area (Å²) in [5, 5.41) is 2.74. The molecule has 0 aliphatic heterocycles. The van der Waals surface area contributed by atoms with E-state index in [0.29, 0.717) is 17.0 Å². The number of hydrogen-bond acceptors (Lipinski definition) is 4. The lowest BCUT2D eigenvalue weighted by Gasteiger charge is -2.11. The summed E-state index contributed by atoms with van der Waals surface area (Å²) < 4.78 is 10.2. The Morgan fingerprint density at radius 1 is 1.00 bits per heavy atom. The highest BCUT2D eigenvalue weighted by Crippen LogP contribution is 2.20. The summed E-state index contributed by atoms with van der Waals surface area (Å²) >= 11 is 0. The van der Waals surface area contributed by atoms with Crippen LogP contribution < -0.4 is 10.1 Å². The molecule has 2 aromatic carbocycles. The fourth-order valence-corrected chi connectivity index (χ4v) is 2.33. The van der Waals surface area contributed by atoms with Crippen molar-refractivity contribution in [2.45, 2.75) is 20.8 Å². The van der Waals surface area contributed by atoms with Gasteiger partial charge in [0.25, 0.3) is 5.91 Å². The monoisotopic (exact) mass is 327 g/mol. The zero-order valence-corrected chi connectivity index (χ0v) is 14.3. The molecular formula is C19H21NO4. The number of hydrogen-bond donors (Lipinski definition) is 1. The van der Waals surface area contributed by atoms with E-state index in [1.54, 1.807) is 12.1 Å². The van der Waals surface area contributed by atoms with Crippen molar-refractivity contribution in [2.24, 2.45) is 0 Å². The van der Waals surface area contributed by atoms with Crippen LogP contribution in [0.15, 0.2) is 36.4 Å². The highest BCUT2D eigenvalue weighted by molar-refractivity contribution is 5.97. The van der Waals surface area contributed by atoms with Crippen molar-refractivity contribution < 1.29 is 19.1 Å². The van der Waals surface area contributed by atoms with Crippen LogP contribution in [0.25, 0.3) is 0 Å². The van der Waals surface area contributed by atoms with Crippen molar-refractivity contribution in [3.05, 3.63) is 58.7 Å². The third-order valence-electron chi connectivity index (χ3n) is 3.57. The van der Waals surface area contributed by atoms with E-state index in [4.69, 9.17) is 9.47 Å². The van der Waals surface area contributed by atoms with E-state index in [0.717, 1.165) is 16.7 Å². The third-order valence-corrected chi connectivity index (χ3v) is 3.57. The highest BCUT2D eigenvalue weighted by atomic mass is 16.5. The van der Waals surface area contributed by atoms with Crippen LogP contribution in [-0.2, 0) is 9.53 Å². The van der Waals surface area contributed by atoms with Gasteiger partial charge in [0.05, 0.1) is 7.11 Å². The number of carbonyl (C=O) groups is 2. The zero-order chi connectivity index (χ0) is 17.7. The molecule has 0 saturated carbocycles. The lowest BCUT2D eigenvalue weighted by molar-refractivity contribution is -0.119. The van der Waals surface area contributed by atoms with Gasteiger partial charge < -0.3 is 14.8 Å². The van der Waals surface area contributed by atoms with Crippen molar-refractivity contribution >= 4 is 17.6 Å². The minimum atomic E-state index is -0.591. The fraction of sp³-hybridized carbons (Fsp3) is 0.263. The summed E-state index contributed by atoms with van der Waals surface area (Å²) in [6.45, 7) is 5.40. The molecule has 0 saturated heterocycles. The molecule has 0 radical (unpaired) electrons. The van der Waals surface area contributed by atoms with Crippen LogP contribution in [-0.4, -0.2) is 25.6 Å². The molecule has 126 valence electrons. The Morgan fingerprint density at radius 2 is 1.67 bits per heavy atom. The van der Waals surface area contributed by atoms with Gasteiger partial charge in [-0.3, -0.25) is 4.79 Å². The first-order chi connectivity index (χ1) is 11.4. The standard InChI is InChI=1S/C19H21NO4/c1-12-5-7-16(14(3)9-12)20-18(21)11-24-19(22)15-10-13(2)6-8-17(15)23-4/h5-10H,11H2,1-4H3,(H,20,21). The molecule has 0 atom stereocenters. The number of amides is 1. The topological polar surface area (TPSA) is 64.6 Å². The first kappa shape index (κ1) is 17.5. The maximum Gasteiger partial charge on any atom is 0.342 e. The summed E-state index contributed by atoms with van der Waals surface area (Å²) in [6.07, 6.45) is 0. The minimum Gasteiger partial charge on any atom is -0.496 e. The quantitative estimate of drug-likeness (QED) is 0.855. The molecule has 0 aliphatic rings. The molecule has 0 unspecified atom stereocenters. The smallest absolute Gasteiger partial charge is 0.342 e. The van der Waals surface area contributed by atoms with E-state index in [2.05, 4.69) is 5.32 Å². The molecule has 0 heterocycles. The van der Waals surface area contributed by atoms with Crippen LogP contribution >= 0.6 is 0 Å². The summed E-state index contributed by atoms with van der Waals surface area (Å²) in [4.78, 5) is 24.2. The Labute approximate surface area is 141 Å². The Hall–Kier alpha value is -2.82. The van der Waals surface area contributed by atoms with Crippen LogP contribution in [0.1, 0.15) is 27.0 Å². The molecule has 5 nitrogen and oxygen atoms in total. The van der Waals surface area contributed by atoms with Crippen LogP contribution in [0.4, 0.5) is 5.69 Å². The van der Waals surface area contributed by atoms with Gasteiger partial charge in [0, 0.05) is 5.69 Å². The Balaban J connectivity index is 1.99. The van der Waals surface area contributed by atoms with Gasteiger partial charge in [-0.05, 0) is 44.5 Å². The third kappa shape index (κ3) is 4.35. The molecule has 2 aromatic rings. The molecule has 0 aliphatic carbocycles. The summed E-state index contributed by atoms with van der Waals surface area (Å²) in [7, 11) is 1.48. The van der Waals surface area contributed by atoms with Crippen molar-refractivity contribution in [3.63, 3.8) is 0 Å². The van der Waals surface area contributed by atoms with Gasteiger partial charge >= 0.3 is 5.97 Å². The van der Waals surface area contributed by atoms with Gasteiger partial charge in [-0.15, -0.1) is 0 Å². The molecule has 24 heavy (non-hydrogen) atoms. The predicted molar refractivity (Wildman–Crippen MR) is 92.6 cm³/mol.